The van der Waals surface area contributed by atoms with Crippen molar-refractivity contribution in [2.24, 2.45) is 0 Å². The first-order chi connectivity index (χ1) is 11.0. The Morgan fingerprint density at radius 2 is 1.74 bits per heavy atom. The number of nitrogens with one attached hydrogen (secondary N) is 1. The fourth-order valence-corrected chi connectivity index (χ4v) is 2.87. The van der Waals surface area contributed by atoms with E-state index in [0.717, 1.165) is 17.3 Å². The van der Waals surface area contributed by atoms with Gasteiger partial charge >= 0.3 is 6.18 Å². The summed E-state index contributed by atoms with van der Waals surface area (Å²) in [6.45, 7) is 1.52. The van der Waals surface area contributed by atoms with Crippen LogP contribution < -0.4 is 0 Å². The number of halogens is 3. The normalized spacial score (nSPS) is 13.0. The summed E-state index contributed by atoms with van der Waals surface area (Å²) in [4.78, 5) is 7.04. The van der Waals surface area contributed by atoms with E-state index in [1.165, 1.54) is 19.3 Å². The van der Waals surface area contributed by atoms with Gasteiger partial charge in [-0.3, -0.25) is 0 Å². The highest BCUT2D eigenvalue weighted by Crippen LogP contribution is 2.38. The van der Waals surface area contributed by atoms with Crippen LogP contribution in [0, 0.1) is 6.92 Å². The molecule has 23 heavy (non-hydrogen) atoms. The highest BCUT2D eigenvalue weighted by atomic mass is 19.4. The van der Waals surface area contributed by atoms with Crippen LogP contribution in [0.15, 0.2) is 61.1 Å². The Labute approximate surface area is 132 Å². The van der Waals surface area contributed by atoms with Crippen LogP contribution in [0.4, 0.5) is 13.2 Å². The lowest BCUT2D eigenvalue weighted by Crippen LogP contribution is -2.12. The Balaban J connectivity index is 2.20. The third kappa shape index (κ3) is 2.99. The van der Waals surface area contributed by atoms with Crippen LogP contribution >= 0.6 is 0 Å². The highest BCUT2D eigenvalue weighted by Gasteiger charge is 2.34. The molecule has 1 unspecified atom stereocenters. The van der Waals surface area contributed by atoms with E-state index >= 15 is 0 Å². The molecule has 0 spiro atoms. The van der Waals surface area contributed by atoms with Gasteiger partial charge in [-0.15, -0.1) is 0 Å². The van der Waals surface area contributed by atoms with Gasteiger partial charge in [-0.2, -0.15) is 13.2 Å². The molecule has 3 rings (SSSR count). The van der Waals surface area contributed by atoms with Crippen molar-refractivity contribution in [1.82, 2.24) is 9.97 Å². The number of hydrogen-bond donors (Lipinski definition) is 1. The molecule has 5 heteroatoms. The second kappa shape index (κ2) is 5.91. The average molecular weight is 316 g/mol. The maximum atomic E-state index is 13.2. The van der Waals surface area contributed by atoms with E-state index in [-0.39, 0.29) is 11.5 Å². The van der Waals surface area contributed by atoms with Crippen molar-refractivity contribution in [2.75, 3.05) is 0 Å². The molecule has 1 atom stereocenters. The summed E-state index contributed by atoms with van der Waals surface area (Å²) in [6, 6.07) is 13.8. The largest absolute Gasteiger partial charge is 0.416 e. The summed E-state index contributed by atoms with van der Waals surface area (Å²) < 4.78 is 39.7. The molecule has 0 radical (unpaired) electrons. The van der Waals surface area contributed by atoms with E-state index < -0.39 is 11.7 Å². The van der Waals surface area contributed by atoms with Gasteiger partial charge in [0.2, 0.25) is 0 Å². The van der Waals surface area contributed by atoms with Crippen molar-refractivity contribution in [3.8, 4) is 0 Å². The smallest absolute Gasteiger partial charge is 0.348 e. The van der Waals surface area contributed by atoms with Gasteiger partial charge in [0.1, 0.15) is 0 Å². The van der Waals surface area contributed by atoms with Crippen LogP contribution in [0.25, 0.3) is 0 Å². The molecule has 0 saturated heterocycles. The second-order valence-electron chi connectivity index (χ2n) is 5.37. The molecular formula is C18H15F3N2. The molecule has 2 nitrogen and oxygen atoms in total. The third-order valence-corrected chi connectivity index (χ3v) is 3.96. The number of nitrogens with zero attached hydrogens (tertiary/aromatic N) is 1. The zero-order valence-electron chi connectivity index (χ0n) is 12.4. The summed E-state index contributed by atoms with van der Waals surface area (Å²) in [5, 5.41) is 0. The molecule has 3 aromatic rings. The Hall–Kier alpha value is -2.56. The second-order valence-corrected chi connectivity index (χ2v) is 5.37. The van der Waals surface area contributed by atoms with Gasteiger partial charge in [-0.1, -0.05) is 42.5 Å². The topological polar surface area (TPSA) is 28.7 Å². The maximum absolute atomic E-state index is 13.2. The summed E-state index contributed by atoms with van der Waals surface area (Å²) in [5.41, 5.74) is 1.94. The van der Waals surface area contributed by atoms with Gasteiger partial charge in [0.15, 0.2) is 0 Å². The van der Waals surface area contributed by atoms with Crippen LogP contribution in [-0.4, -0.2) is 9.97 Å². The van der Waals surface area contributed by atoms with Gasteiger partial charge in [0.05, 0.1) is 17.8 Å². The predicted molar refractivity (Wildman–Crippen MR) is 82.2 cm³/mol. The first-order valence-electron chi connectivity index (χ1n) is 7.18. The number of hydrogen-bond acceptors (Lipinski definition) is 1. The monoisotopic (exact) mass is 316 g/mol. The van der Waals surface area contributed by atoms with Gasteiger partial charge in [-0.05, 0) is 29.7 Å². The van der Waals surface area contributed by atoms with E-state index in [1.54, 1.807) is 12.3 Å². The van der Waals surface area contributed by atoms with E-state index in [9.17, 15) is 13.2 Å². The summed E-state index contributed by atoms with van der Waals surface area (Å²) in [7, 11) is 0. The minimum absolute atomic E-state index is 0.239. The van der Waals surface area contributed by atoms with E-state index in [1.807, 2.05) is 30.3 Å². The summed E-state index contributed by atoms with van der Waals surface area (Å²) >= 11 is 0. The van der Waals surface area contributed by atoms with Gasteiger partial charge in [0, 0.05) is 11.9 Å². The van der Waals surface area contributed by atoms with Crippen LogP contribution in [0.2, 0.25) is 0 Å². The van der Waals surface area contributed by atoms with Crippen molar-refractivity contribution >= 4 is 0 Å². The molecule has 0 fully saturated rings. The van der Waals surface area contributed by atoms with Gasteiger partial charge in [0.25, 0.3) is 0 Å². The van der Waals surface area contributed by atoms with Crippen molar-refractivity contribution in [3.63, 3.8) is 0 Å². The summed E-state index contributed by atoms with van der Waals surface area (Å²) in [6.07, 6.45) is -1.18. The fourth-order valence-electron chi connectivity index (χ4n) is 2.87. The number of H-pyrrole nitrogens is 1. The van der Waals surface area contributed by atoms with Crippen LogP contribution in [0.3, 0.4) is 0 Å². The quantitative estimate of drug-likeness (QED) is 0.730. The summed E-state index contributed by atoms with van der Waals surface area (Å²) in [5.74, 6) is -0.319. The van der Waals surface area contributed by atoms with Crippen LogP contribution in [-0.2, 0) is 6.18 Å². The fraction of sp³-hybridized carbons (Fsp3) is 0.167. The molecule has 0 aliphatic rings. The minimum atomic E-state index is -4.37. The highest BCUT2D eigenvalue weighted by molar-refractivity contribution is 5.46. The van der Waals surface area contributed by atoms with Crippen molar-refractivity contribution < 1.29 is 13.2 Å². The van der Waals surface area contributed by atoms with Crippen molar-refractivity contribution in [1.29, 1.82) is 0 Å². The number of imidazole rings is 1. The van der Waals surface area contributed by atoms with Crippen molar-refractivity contribution in [2.45, 2.75) is 19.0 Å². The Kier molecular flexibility index (Phi) is 3.94. The molecule has 0 amide bonds. The lowest BCUT2D eigenvalue weighted by Gasteiger charge is -2.21. The average Bonchev–Trinajstić information content (AvgIpc) is 3.03. The van der Waals surface area contributed by atoms with E-state index in [0.29, 0.717) is 5.56 Å². The molecular weight excluding hydrogens is 301 g/mol. The van der Waals surface area contributed by atoms with Gasteiger partial charge < -0.3 is 4.98 Å². The molecule has 1 heterocycles. The van der Waals surface area contributed by atoms with Crippen molar-refractivity contribution in [3.05, 3.63) is 89.0 Å². The number of benzene rings is 2. The zero-order valence-corrected chi connectivity index (χ0v) is 12.4. The maximum Gasteiger partial charge on any atom is 0.416 e. The standard InChI is InChI=1S/C18H15F3N2/c1-12-14(8-5-9-15(12)18(19,20)21)17(16-10-22-11-23-16)13-6-3-2-4-7-13/h2-11,17H,1H3,(H,22,23). The molecule has 1 aromatic heterocycles. The zero-order chi connectivity index (χ0) is 16.4. The number of rotatable bonds is 3. The van der Waals surface area contributed by atoms with Crippen LogP contribution in [0.1, 0.15) is 33.9 Å². The molecule has 118 valence electrons. The molecule has 1 N–H and O–H groups in total. The van der Waals surface area contributed by atoms with E-state index in [4.69, 9.17) is 0 Å². The Morgan fingerprint density at radius 1 is 1.00 bits per heavy atom. The number of aromatic nitrogens is 2. The molecule has 0 aliphatic heterocycles. The SMILES string of the molecule is Cc1c(C(c2ccccc2)c2cnc[nH]2)cccc1C(F)(F)F. The lowest BCUT2D eigenvalue weighted by molar-refractivity contribution is -0.138. The predicted octanol–water partition coefficient (Wildman–Crippen LogP) is 4.92. The van der Waals surface area contributed by atoms with E-state index in [2.05, 4.69) is 9.97 Å². The molecule has 0 bridgehead atoms. The Bertz CT molecular complexity index is 778. The first-order valence-corrected chi connectivity index (χ1v) is 7.18. The number of aromatic amines is 1. The third-order valence-electron chi connectivity index (χ3n) is 3.96. The molecule has 0 saturated carbocycles. The first kappa shape index (κ1) is 15.3. The molecule has 2 aromatic carbocycles. The minimum Gasteiger partial charge on any atom is -0.348 e. The lowest BCUT2D eigenvalue weighted by atomic mass is 9.85. The van der Waals surface area contributed by atoms with Gasteiger partial charge in [-0.25, -0.2) is 4.98 Å². The number of alkyl halides is 3. The molecule has 0 aliphatic carbocycles. The Morgan fingerprint density at radius 3 is 2.35 bits per heavy atom. The van der Waals surface area contributed by atoms with Crippen LogP contribution in [0.5, 0.6) is 0 Å².